The van der Waals surface area contributed by atoms with Crippen LogP contribution in [0.15, 0.2) is 29.3 Å². The van der Waals surface area contributed by atoms with E-state index < -0.39 is 11.9 Å². The molecule has 3 N–H and O–H groups in total. The third-order valence-electron chi connectivity index (χ3n) is 1.88. The largest absolute Gasteiger partial charge is 0.505 e. The maximum atomic E-state index is 13.1. The number of benzene rings is 1. The first kappa shape index (κ1) is 11.2. The Kier molecular flexibility index (Phi) is 3.66. The van der Waals surface area contributed by atoms with Crippen LogP contribution in [0.25, 0.3) is 0 Å². The molecule has 0 aliphatic rings. The van der Waals surface area contributed by atoms with Crippen molar-refractivity contribution >= 4 is 15.9 Å². The van der Waals surface area contributed by atoms with E-state index in [1.54, 1.807) is 12.1 Å². The number of hydrogen-bond acceptors (Lipinski definition) is 2. The molecule has 1 aromatic rings. The zero-order valence-electron chi connectivity index (χ0n) is 7.50. The van der Waals surface area contributed by atoms with Gasteiger partial charge in [0.25, 0.3) is 0 Å². The Morgan fingerprint density at radius 1 is 1.64 bits per heavy atom. The molecular formula is C10H11BrFNO. The molecule has 0 saturated carbocycles. The summed E-state index contributed by atoms with van der Waals surface area (Å²) in [5.74, 6) is -1.06. The smallest absolute Gasteiger partial charge is 0.166 e. The highest BCUT2D eigenvalue weighted by molar-refractivity contribution is 9.10. The molecule has 0 aliphatic carbocycles. The summed E-state index contributed by atoms with van der Waals surface area (Å²) in [4.78, 5) is 0. The Labute approximate surface area is 90.4 Å². The lowest BCUT2D eigenvalue weighted by Gasteiger charge is -2.12. The average molecular weight is 260 g/mol. The van der Waals surface area contributed by atoms with Crippen molar-refractivity contribution in [2.45, 2.75) is 12.5 Å². The molecule has 76 valence electrons. The van der Waals surface area contributed by atoms with Crippen LogP contribution < -0.4 is 5.73 Å². The molecule has 14 heavy (non-hydrogen) atoms. The van der Waals surface area contributed by atoms with Crippen molar-refractivity contribution in [2.75, 3.05) is 0 Å². The summed E-state index contributed by atoms with van der Waals surface area (Å²) in [6, 6.07) is 2.37. The van der Waals surface area contributed by atoms with Gasteiger partial charge < -0.3 is 10.8 Å². The van der Waals surface area contributed by atoms with E-state index in [0.29, 0.717) is 16.5 Å². The lowest BCUT2D eigenvalue weighted by Crippen LogP contribution is -2.09. The van der Waals surface area contributed by atoms with E-state index in [1.165, 1.54) is 6.07 Å². The van der Waals surface area contributed by atoms with Crippen molar-refractivity contribution in [2.24, 2.45) is 5.73 Å². The topological polar surface area (TPSA) is 46.2 Å². The first-order valence-corrected chi connectivity index (χ1v) is 4.90. The summed E-state index contributed by atoms with van der Waals surface area (Å²) in [6.07, 6.45) is 2.12. The molecule has 0 aromatic heterocycles. The molecule has 0 saturated heterocycles. The number of hydrogen-bond donors (Lipinski definition) is 2. The van der Waals surface area contributed by atoms with Crippen LogP contribution in [0.2, 0.25) is 0 Å². The highest BCUT2D eigenvalue weighted by Gasteiger charge is 2.14. The third kappa shape index (κ3) is 2.33. The SMILES string of the molecule is C=CC[C@H](N)c1cc(Br)cc(F)c1O. The Hall–Kier alpha value is -0.870. The molecule has 1 aromatic carbocycles. The lowest BCUT2D eigenvalue weighted by molar-refractivity contribution is 0.420. The summed E-state index contributed by atoms with van der Waals surface area (Å²) in [5.41, 5.74) is 6.11. The number of aromatic hydroxyl groups is 1. The van der Waals surface area contributed by atoms with Crippen LogP contribution in [-0.4, -0.2) is 5.11 Å². The van der Waals surface area contributed by atoms with Gasteiger partial charge in [-0.05, 0) is 18.6 Å². The maximum Gasteiger partial charge on any atom is 0.166 e. The molecule has 0 spiro atoms. The summed E-state index contributed by atoms with van der Waals surface area (Å²) >= 11 is 3.13. The molecule has 2 nitrogen and oxygen atoms in total. The molecule has 0 radical (unpaired) electrons. The molecule has 0 aliphatic heterocycles. The number of phenolic OH excluding ortho intramolecular Hbond substituents is 1. The van der Waals surface area contributed by atoms with Gasteiger partial charge in [0.05, 0.1) is 0 Å². The molecule has 0 unspecified atom stereocenters. The maximum absolute atomic E-state index is 13.1. The predicted octanol–water partition coefficient (Wildman–Crippen LogP) is 2.87. The van der Waals surface area contributed by atoms with Crippen molar-refractivity contribution in [3.8, 4) is 5.75 Å². The Morgan fingerprint density at radius 3 is 2.86 bits per heavy atom. The molecule has 0 amide bonds. The van der Waals surface area contributed by atoms with Gasteiger partial charge in [-0.25, -0.2) is 4.39 Å². The summed E-state index contributed by atoms with van der Waals surface area (Å²) in [6.45, 7) is 3.53. The van der Waals surface area contributed by atoms with Crippen molar-refractivity contribution in [1.82, 2.24) is 0 Å². The summed E-state index contributed by atoms with van der Waals surface area (Å²) < 4.78 is 13.6. The minimum absolute atomic E-state index is 0.386. The van der Waals surface area contributed by atoms with Gasteiger partial charge in [0, 0.05) is 16.1 Å². The quantitative estimate of drug-likeness (QED) is 0.821. The summed E-state index contributed by atoms with van der Waals surface area (Å²) in [5, 5.41) is 9.41. The fourth-order valence-electron chi connectivity index (χ4n) is 1.18. The van der Waals surface area contributed by atoms with E-state index in [-0.39, 0.29) is 5.75 Å². The number of halogens is 2. The van der Waals surface area contributed by atoms with Gasteiger partial charge in [0.1, 0.15) is 0 Å². The van der Waals surface area contributed by atoms with E-state index >= 15 is 0 Å². The van der Waals surface area contributed by atoms with Gasteiger partial charge in [-0.15, -0.1) is 6.58 Å². The predicted molar refractivity (Wildman–Crippen MR) is 57.5 cm³/mol. The van der Waals surface area contributed by atoms with E-state index in [9.17, 15) is 9.50 Å². The van der Waals surface area contributed by atoms with Gasteiger partial charge in [-0.3, -0.25) is 0 Å². The zero-order valence-corrected chi connectivity index (χ0v) is 9.09. The van der Waals surface area contributed by atoms with E-state index in [2.05, 4.69) is 22.5 Å². The average Bonchev–Trinajstić information content (AvgIpc) is 2.11. The fourth-order valence-corrected chi connectivity index (χ4v) is 1.62. The monoisotopic (exact) mass is 259 g/mol. The van der Waals surface area contributed by atoms with Crippen LogP contribution in [0.1, 0.15) is 18.0 Å². The Balaban J connectivity index is 3.12. The Morgan fingerprint density at radius 2 is 2.29 bits per heavy atom. The number of phenols is 1. The van der Waals surface area contributed by atoms with Crippen LogP contribution >= 0.6 is 15.9 Å². The second-order valence-corrected chi connectivity index (χ2v) is 3.87. The standard InChI is InChI=1S/C10H11BrFNO/c1-2-3-9(13)7-4-6(11)5-8(12)10(7)14/h2,4-5,9,14H,1,3,13H2/t9-/m0/s1. The first-order chi connectivity index (χ1) is 6.56. The van der Waals surface area contributed by atoms with Gasteiger partial charge in [-0.1, -0.05) is 22.0 Å². The molecule has 4 heteroatoms. The second kappa shape index (κ2) is 4.57. The van der Waals surface area contributed by atoms with Gasteiger partial charge in [0.15, 0.2) is 11.6 Å². The van der Waals surface area contributed by atoms with Crippen molar-refractivity contribution in [1.29, 1.82) is 0 Å². The van der Waals surface area contributed by atoms with Crippen molar-refractivity contribution in [3.05, 3.63) is 40.6 Å². The summed E-state index contributed by atoms with van der Waals surface area (Å²) in [7, 11) is 0. The van der Waals surface area contributed by atoms with Crippen molar-refractivity contribution < 1.29 is 9.50 Å². The molecule has 1 rings (SSSR count). The van der Waals surface area contributed by atoms with Gasteiger partial charge in [-0.2, -0.15) is 0 Å². The molecule has 0 bridgehead atoms. The second-order valence-electron chi connectivity index (χ2n) is 2.96. The molecule has 0 fully saturated rings. The fraction of sp³-hybridized carbons (Fsp3) is 0.200. The minimum atomic E-state index is -0.672. The van der Waals surface area contributed by atoms with Crippen LogP contribution in [0.5, 0.6) is 5.75 Å². The normalized spacial score (nSPS) is 12.5. The van der Waals surface area contributed by atoms with E-state index in [1.807, 2.05) is 0 Å². The van der Waals surface area contributed by atoms with Crippen LogP contribution in [0, 0.1) is 5.82 Å². The van der Waals surface area contributed by atoms with Crippen LogP contribution in [-0.2, 0) is 0 Å². The zero-order chi connectivity index (χ0) is 10.7. The first-order valence-electron chi connectivity index (χ1n) is 4.10. The van der Waals surface area contributed by atoms with Gasteiger partial charge >= 0.3 is 0 Å². The molecule has 1 atom stereocenters. The van der Waals surface area contributed by atoms with E-state index in [0.717, 1.165) is 0 Å². The number of nitrogens with two attached hydrogens (primary N) is 1. The lowest BCUT2D eigenvalue weighted by atomic mass is 10.0. The van der Waals surface area contributed by atoms with Crippen LogP contribution in [0.4, 0.5) is 4.39 Å². The van der Waals surface area contributed by atoms with Gasteiger partial charge in [0.2, 0.25) is 0 Å². The van der Waals surface area contributed by atoms with E-state index in [4.69, 9.17) is 5.73 Å². The Bertz CT molecular complexity index is 354. The number of rotatable bonds is 3. The van der Waals surface area contributed by atoms with Crippen molar-refractivity contribution in [3.63, 3.8) is 0 Å². The molecule has 0 heterocycles. The highest BCUT2D eigenvalue weighted by atomic mass is 79.9. The molecular weight excluding hydrogens is 249 g/mol. The highest BCUT2D eigenvalue weighted by Crippen LogP contribution is 2.30. The third-order valence-corrected chi connectivity index (χ3v) is 2.34. The minimum Gasteiger partial charge on any atom is -0.505 e. The van der Waals surface area contributed by atoms with Crippen LogP contribution in [0.3, 0.4) is 0 Å².